The molecule has 0 atom stereocenters. The second-order valence-electron chi connectivity index (χ2n) is 14.2. The third-order valence-corrected chi connectivity index (χ3v) is 9.50. The Morgan fingerprint density at radius 2 is 0.933 bits per heavy atom. The fourth-order valence-corrected chi connectivity index (χ4v) is 6.13. The Labute approximate surface area is 349 Å². The first-order valence-electron chi connectivity index (χ1n) is 20.3. The van der Waals surface area contributed by atoms with E-state index in [1.165, 1.54) is 143 Å². The van der Waals surface area contributed by atoms with Crippen LogP contribution >= 0.6 is 0 Å². The first kappa shape index (κ1) is 44.3. The minimum absolute atomic E-state index is 0.00670. The molecule has 5 aromatic carbocycles. The van der Waals surface area contributed by atoms with Crippen molar-refractivity contribution in [2.45, 2.75) is 84.0 Å². The molecule has 0 unspecified atom stereocenters. The van der Waals surface area contributed by atoms with Gasteiger partial charge in [-0.3, -0.25) is 0 Å². The van der Waals surface area contributed by atoms with Gasteiger partial charge in [0.1, 0.15) is 23.0 Å². The summed E-state index contributed by atoms with van der Waals surface area (Å²) >= 11 is 0. The molecule has 310 valence electrons. The zero-order chi connectivity index (χ0) is 42.5. The molecule has 0 aromatic heterocycles. The van der Waals surface area contributed by atoms with Crippen molar-refractivity contribution in [1.29, 1.82) is 5.26 Å². The van der Waals surface area contributed by atoms with E-state index in [2.05, 4.69) is 6.92 Å². The Balaban J connectivity index is 1.03. The second-order valence-corrected chi connectivity index (χ2v) is 14.2. The number of carbonyl (C=O) groups excluding carboxylic acids is 4. The van der Waals surface area contributed by atoms with Crippen molar-refractivity contribution >= 4 is 23.9 Å². The molecular weight excluding hydrogens is 766 g/mol. The van der Waals surface area contributed by atoms with Gasteiger partial charge in [-0.1, -0.05) is 83.6 Å². The normalized spacial score (nSPS) is 10.6. The Hall–Kier alpha value is -6.80. The van der Waals surface area contributed by atoms with E-state index in [-0.39, 0.29) is 45.3 Å². The van der Waals surface area contributed by atoms with Crippen LogP contribution in [0.4, 0.5) is 4.39 Å². The summed E-state index contributed by atoms with van der Waals surface area (Å²) < 4.78 is 42.2. The van der Waals surface area contributed by atoms with E-state index < -0.39 is 29.7 Å². The fraction of sp³-hybridized carbons (Fsp3) is 0.286. The molecule has 5 rings (SSSR count). The van der Waals surface area contributed by atoms with Gasteiger partial charge in [0.05, 0.1) is 40.5 Å². The van der Waals surface area contributed by atoms with E-state index in [9.17, 15) is 19.2 Å². The number of hydrogen-bond donors (Lipinski definition) is 0. The van der Waals surface area contributed by atoms with Crippen LogP contribution in [0.3, 0.4) is 0 Å². The molecule has 0 N–H and O–H groups in total. The topological polar surface area (TPSA) is 138 Å². The molecule has 11 heteroatoms. The zero-order valence-electron chi connectivity index (χ0n) is 33.7. The van der Waals surface area contributed by atoms with E-state index in [4.69, 9.17) is 28.9 Å². The highest BCUT2D eigenvalue weighted by Gasteiger charge is 2.18. The molecule has 0 amide bonds. The minimum atomic E-state index is -0.953. The Bertz CT molecular complexity index is 2230. The molecule has 0 radical (unpaired) electrons. The summed E-state index contributed by atoms with van der Waals surface area (Å²) in [5.41, 5.74) is 0.720. The molecule has 0 heterocycles. The number of nitriles is 1. The van der Waals surface area contributed by atoms with Crippen molar-refractivity contribution in [1.82, 2.24) is 0 Å². The fourth-order valence-electron chi connectivity index (χ4n) is 6.13. The average Bonchev–Trinajstić information content (AvgIpc) is 3.26. The predicted molar refractivity (Wildman–Crippen MR) is 223 cm³/mol. The standard InChI is InChI=1S/C49H48FNO9/c1-2-3-4-5-6-7-8-9-10-11-12-13-31-56-40-26-19-37(20-27-40)47(53)60-45-30-23-39(33-44(45)50)49(55)59-43-16-14-15-38(32-43)48(54)58-42-28-21-36(22-29-42)46(52)57-41-24-17-35(34-51)18-25-41/h14-30,32-33H,2-13,31H2,1H3. The van der Waals surface area contributed by atoms with Crippen LogP contribution < -0.4 is 23.7 Å². The van der Waals surface area contributed by atoms with Crippen LogP contribution in [0.25, 0.3) is 0 Å². The largest absolute Gasteiger partial charge is 0.494 e. The maximum Gasteiger partial charge on any atom is 0.343 e. The van der Waals surface area contributed by atoms with Crippen molar-refractivity contribution in [3.8, 4) is 34.8 Å². The van der Waals surface area contributed by atoms with Crippen molar-refractivity contribution < 1.29 is 47.3 Å². The Morgan fingerprint density at radius 1 is 0.483 bits per heavy atom. The van der Waals surface area contributed by atoms with Crippen molar-refractivity contribution in [2.24, 2.45) is 0 Å². The second kappa shape index (κ2) is 23.6. The van der Waals surface area contributed by atoms with Crippen LogP contribution in [0.5, 0.6) is 28.7 Å². The van der Waals surface area contributed by atoms with Gasteiger partial charge in [0.15, 0.2) is 11.6 Å². The first-order chi connectivity index (χ1) is 29.2. The molecule has 5 aromatic rings. The predicted octanol–water partition coefficient (Wildman–Crippen LogP) is 11.7. The molecule has 0 saturated carbocycles. The highest BCUT2D eigenvalue weighted by molar-refractivity contribution is 5.95. The zero-order valence-corrected chi connectivity index (χ0v) is 33.7. The van der Waals surface area contributed by atoms with Gasteiger partial charge in [0.2, 0.25) is 0 Å². The number of hydrogen-bond acceptors (Lipinski definition) is 10. The van der Waals surface area contributed by atoms with Crippen molar-refractivity contribution in [3.63, 3.8) is 0 Å². The van der Waals surface area contributed by atoms with Crippen LogP contribution in [-0.2, 0) is 0 Å². The van der Waals surface area contributed by atoms with E-state index in [1.54, 1.807) is 24.3 Å². The van der Waals surface area contributed by atoms with Gasteiger partial charge in [0, 0.05) is 0 Å². The highest BCUT2D eigenvalue weighted by Crippen LogP contribution is 2.24. The number of unbranched alkanes of at least 4 members (excludes halogenated alkanes) is 11. The van der Waals surface area contributed by atoms with Crippen LogP contribution in [0.1, 0.15) is 131 Å². The lowest BCUT2D eigenvalue weighted by Gasteiger charge is -2.10. The maximum atomic E-state index is 15.0. The van der Waals surface area contributed by atoms with Gasteiger partial charge in [-0.05, 0) is 116 Å². The van der Waals surface area contributed by atoms with Gasteiger partial charge in [-0.2, -0.15) is 5.26 Å². The summed E-state index contributed by atoms with van der Waals surface area (Å²) in [5.74, 6) is -3.41. The number of rotatable bonds is 22. The minimum Gasteiger partial charge on any atom is -0.494 e. The van der Waals surface area contributed by atoms with Crippen molar-refractivity contribution in [3.05, 3.63) is 149 Å². The van der Waals surface area contributed by atoms with E-state index in [1.807, 2.05) is 6.07 Å². The Morgan fingerprint density at radius 3 is 1.48 bits per heavy atom. The van der Waals surface area contributed by atoms with Crippen LogP contribution in [0.15, 0.2) is 115 Å². The molecule has 0 saturated heterocycles. The summed E-state index contributed by atoms with van der Waals surface area (Å²) in [6, 6.07) is 29.1. The van der Waals surface area contributed by atoms with Gasteiger partial charge in [-0.25, -0.2) is 23.6 Å². The summed E-state index contributed by atoms with van der Waals surface area (Å²) in [5, 5.41) is 8.92. The van der Waals surface area contributed by atoms with Gasteiger partial charge >= 0.3 is 23.9 Å². The molecule has 10 nitrogen and oxygen atoms in total. The van der Waals surface area contributed by atoms with Gasteiger partial charge < -0.3 is 23.7 Å². The SMILES string of the molecule is CCCCCCCCCCCCCCOc1ccc(C(=O)Oc2ccc(C(=O)Oc3cccc(C(=O)Oc4ccc(C(=O)Oc5ccc(C#N)cc5)cc4)c3)cc2F)cc1. The third-order valence-electron chi connectivity index (χ3n) is 9.50. The van der Waals surface area contributed by atoms with E-state index in [0.717, 1.165) is 25.0 Å². The molecule has 0 spiro atoms. The summed E-state index contributed by atoms with van der Waals surface area (Å²) in [6.45, 7) is 2.83. The number of nitrogens with zero attached hydrogens (tertiary/aromatic N) is 1. The van der Waals surface area contributed by atoms with Crippen LogP contribution in [-0.4, -0.2) is 30.5 Å². The monoisotopic (exact) mass is 813 g/mol. The first-order valence-corrected chi connectivity index (χ1v) is 20.3. The number of halogens is 1. The number of esters is 4. The van der Waals surface area contributed by atoms with Gasteiger partial charge in [-0.15, -0.1) is 0 Å². The lowest BCUT2D eigenvalue weighted by Crippen LogP contribution is -2.13. The van der Waals surface area contributed by atoms with Crippen LogP contribution in [0.2, 0.25) is 0 Å². The molecule has 0 aliphatic rings. The molecular formula is C49H48FNO9. The lowest BCUT2D eigenvalue weighted by atomic mass is 10.1. The Kier molecular flexibility index (Phi) is 17.4. The smallest absolute Gasteiger partial charge is 0.343 e. The highest BCUT2D eigenvalue weighted by atomic mass is 19.1. The third kappa shape index (κ3) is 14.2. The quantitative estimate of drug-likeness (QED) is 0.0377. The van der Waals surface area contributed by atoms with E-state index >= 15 is 4.39 Å². The summed E-state index contributed by atoms with van der Waals surface area (Å²) in [6.07, 6.45) is 15.2. The number of carbonyl (C=O) groups is 4. The van der Waals surface area contributed by atoms with Crippen LogP contribution in [0, 0.1) is 17.1 Å². The summed E-state index contributed by atoms with van der Waals surface area (Å²) in [4.78, 5) is 51.0. The molecule has 0 bridgehead atoms. The van der Waals surface area contributed by atoms with Gasteiger partial charge in [0.25, 0.3) is 0 Å². The summed E-state index contributed by atoms with van der Waals surface area (Å²) in [7, 11) is 0. The average molecular weight is 814 g/mol. The number of ether oxygens (including phenoxy) is 5. The van der Waals surface area contributed by atoms with E-state index in [0.29, 0.717) is 17.9 Å². The molecule has 60 heavy (non-hydrogen) atoms. The molecule has 0 aliphatic heterocycles. The lowest BCUT2D eigenvalue weighted by molar-refractivity contribution is 0.0711. The number of benzene rings is 5. The molecule has 0 aliphatic carbocycles. The van der Waals surface area contributed by atoms with Crippen molar-refractivity contribution in [2.75, 3.05) is 6.61 Å². The maximum absolute atomic E-state index is 15.0. The molecule has 0 fully saturated rings.